The van der Waals surface area contributed by atoms with Crippen molar-refractivity contribution in [2.45, 2.75) is 24.2 Å². The van der Waals surface area contributed by atoms with E-state index in [2.05, 4.69) is 25.2 Å². The number of H-pyrrole nitrogens is 1. The minimum absolute atomic E-state index is 0.294. The molecule has 0 saturated carbocycles. The van der Waals surface area contributed by atoms with Crippen molar-refractivity contribution in [2.24, 2.45) is 0 Å². The molecule has 172 valence electrons. The highest BCUT2D eigenvalue weighted by molar-refractivity contribution is 7.71. The standard InChI is InChI=1S/C17H12F7N5O2S/c18-9-1-3-11(12(19)5-9)15(30,7-29-14(32)26-27-28-29)17(23,24)13-4-2-10(6-25-13)31-8-16(20,21)22/h1-6,30H,7-8H2,(H,26,28,32). The number of aliphatic hydroxyl groups is 1. The van der Waals surface area contributed by atoms with Crippen molar-refractivity contribution in [2.75, 3.05) is 6.61 Å². The van der Waals surface area contributed by atoms with Gasteiger partial charge in [0.2, 0.25) is 4.77 Å². The smallest absolute Gasteiger partial charge is 0.422 e. The Morgan fingerprint density at radius 3 is 2.34 bits per heavy atom. The van der Waals surface area contributed by atoms with E-state index in [0.717, 1.165) is 6.07 Å². The zero-order chi connectivity index (χ0) is 23.7. The Bertz CT molecular complexity index is 1150. The lowest BCUT2D eigenvalue weighted by atomic mass is 9.84. The molecule has 1 aromatic carbocycles. The molecule has 2 N–H and O–H groups in total. The van der Waals surface area contributed by atoms with E-state index in [1.54, 1.807) is 0 Å². The minimum Gasteiger partial charge on any atom is -0.483 e. The summed E-state index contributed by atoms with van der Waals surface area (Å²) in [7, 11) is 0. The number of tetrazole rings is 1. The van der Waals surface area contributed by atoms with Gasteiger partial charge < -0.3 is 9.84 Å². The molecule has 0 saturated heterocycles. The number of aromatic amines is 1. The van der Waals surface area contributed by atoms with E-state index in [1.165, 1.54) is 0 Å². The lowest BCUT2D eigenvalue weighted by Gasteiger charge is -2.36. The number of aromatic nitrogens is 5. The molecule has 1 atom stereocenters. The molecule has 0 bridgehead atoms. The Kier molecular flexibility index (Phi) is 6.24. The summed E-state index contributed by atoms with van der Waals surface area (Å²) >= 11 is 4.80. The van der Waals surface area contributed by atoms with Crippen molar-refractivity contribution in [1.29, 1.82) is 0 Å². The molecule has 0 amide bonds. The Morgan fingerprint density at radius 2 is 1.81 bits per heavy atom. The molecule has 0 aliphatic heterocycles. The summed E-state index contributed by atoms with van der Waals surface area (Å²) in [6, 6.07) is 2.94. The van der Waals surface area contributed by atoms with E-state index in [0.29, 0.717) is 35.1 Å². The van der Waals surface area contributed by atoms with Gasteiger partial charge in [0.05, 0.1) is 12.7 Å². The highest BCUT2D eigenvalue weighted by Crippen LogP contribution is 2.46. The molecule has 0 aliphatic carbocycles. The van der Waals surface area contributed by atoms with Gasteiger partial charge in [0.1, 0.15) is 23.1 Å². The van der Waals surface area contributed by atoms with Crippen LogP contribution in [-0.4, -0.2) is 43.1 Å². The molecule has 0 radical (unpaired) electrons. The van der Waals surface area contributed by atoms with Gasteiger partial charge in [-0.15, -0.1) is 0 Å². The Labute approximate surface area is 179 Å². The van der Waals surface area contributed by atoms with Gasteiger partial charge in [0, 0.05) is 11.6 Å². The number of benzene rings is 1. The van der Waals surface area contributed by atoms with Crippen LogP contribution in [0.3, 0.4) is 0 Å². The first-order valence-corrected chi connectivity index (χ1v) is 8.94. The number of hydrogen-bond donors (Lipinski definition) is 2. The van der Waals surface area contributed by atoms with Crippen LogP contribution < -0.4 is 4.74 Å². The van der Waals surface area contributed by atoms with E-state index in [4.69, 9.17) is 12.2 Å². The van der Waals surface area contributed by atoms with Crippen LogP contribution in [0, 0.1) is 16.4 Å². The minimum atomic E-state index is -4.67. The molecule has 7 nitrogen and oxygen atoms in total. The maximum atomic E-state index is 15.5. The second-order valence-corrected chi connectivity index (χ2v) is 6.88. The lowest BCUT2D eigenvalue weighted by molar-refractivity contribution is -0.208. The third-order valence-electron chi connectivity index (χ3n) is 4.28. The van der Waals surface area contributed by atoms with E-state index in [1.807, 2.05) is 0 Å². The molecule has 15 heteroatoms. The van der Waals surface area contributed by atoms with Crippen LogP contribution in [0.5, 0.6) is 5.75 Å². The monoisotopic (exact) mass is 483 g/mol. The topological polar surface area (TPSA) is 88.9 Å². The van der Waals surface area contributed by atoms with Crippen LogP contribution >= 0.6 is 12.2 Å². The van der Waals surface area contributed by atoms with Crippen molar-refractivity contribution in [3.63, 3.8) is 0 Å². The molecule has 2 aromatic heterocycles. The largest absolute Gasteiger partial charge is 0.483 e. The van der Waals surface area contributed by atoms with Gasteiger partial charge in [-0.3, -0.25) is 4.98 Å². The first kappa shape index (κ1) is 23.6. The number of rotatable bonds is 7. The summed E-state index contributed by atoms with van der Waals surface area (Å²) in [4.78, 5) is 3.37. The number of halogens is 7. The lowest BCUT2D eigenvalue weighted by Crippen LogP contribution is -2.48. The molecule has 1 unspecified atom stereocenters. The van der Waals surface area contributed by atoms with Gasteiger partial charge in [-0.2, -0.15) is 27.2 Å². The zero-order valence-electron chi connectivity index (χ0n) is 15.6. The molecular formula is C17H12F7N5O2S. The van der Waals surface area contributed by atoms with Crippen molar-refractivity contribution in [1.82, 2.24) is 25.2 Å². The molecule has 2 heterocycles. The van der Waals surface area contributed by atoms with E-state index in [-0.39, 0.29) is 4.77 Å². The molecule has 32 heavy (non-hydrogen) atoms. The molecule has 3 aromatic rings. The van der Waals surface area contributed by atoms with Gasteiger partial charge in [-0.1, -0.05) is 10.3 Å². The van der Waals surface area contributed by atoms with Crippen molar-refractivity contribution < 1.29 is 40.6 Å². The summed E-state index contributed by atoms with van der Waals surface area (Å²) < 4.78 is 100. The van der Waals surface area contributed by atoms with Crippen LogP contribution in [0.1, 0.15) is 11.3 Å². The van der Waals surface area contributed by atoms with E-state index in [9.17, 15) is 27.1 Å². The first-order valence-electron chi connectivity index (χ1n) is 8.53. The SMILES string of the molecule is OC(Cn1[nH]nnc1=S)(c1ccc(F)cc1F)C(F)(F)c1ccc(OCC(F)(F)F)cn1. The average molecular weight is 483 g/mol. The summed E-state index contributed by atoms with van der Waals surface area (Å²) in [6.45, 7) is -2.79. The number of ether oxygens (including phenoxy) is 1. The number of nitrogens with one attached hydrogen (secondary N) is 1. The summed E-state index contributed by atoms with van der Waals surface area (Å²) in [6.07, 6.45) is -4.08. The summed E-state index contributed by atoms with van der Waals surface area (Å²) in [5.74, 6) is -7.41. The van der Waals surface area contributed by atoms with Gasteiger partial charge >= 0.3 is 12.1 Å². The predicted molar refractivity (Wildman–Crippen MR) is 95.1 cm³/mol. The second-order valence-electron chi connectivity index (χ2n) is 6.51. The van der Waals surface area contributed by atoms with Crippen LogP contribution in [-0.2, 0) is 18.1 Å². The Morgan fingerprint density at radius 1 is 1.09 bits per heavy atom. The average Bonchev–Trinajstić information content (AvgIpc) is 3.10. The van der Waals surface area contributed by atoms with Gasteiger partial charge in [0.15, 0.2) is 12.2 Å². The van der Waals surface area contributed by atoms with Crippen LogP contribution in [0.4, 0.5) is 30.7 Å². The fourth-order valence-corrected chi connectivity index (χ4v) is 2.90. The van der Waals surface area contributed by atoms with Gasteiger partial charge in [-0.05, 0) is 36.5 Å². The quantitative estimate of drug-likeness (QED) is 0.394. The number of alkyl halides is 5. The highest BCUT2D eigenvalue weighted by atomic mass is 32.1. The molecule has 3 rings (SSSR count). The molecule has 0 spiro atoms. The maximum absolute atomic E-state index is 15.5. The Balaban J connectivity index is 2.05. The number of hydrogen-bond acceptors (Lipinski definition) is 6. The van der Waals surface area contributed by atoms with Crippen LogP contribution in [0.2, 0.25) is 0 Å². The fraction of sp³-hybridized carbons (Fsp3) is 0.294. The van der Waals surface area contributed by atoms with Crippen molar-refractivity contribution in [3.05, 3.63) is 64.2 Å². The van der Waals surface area contributed by atoms with Gasteiger partial charge in [-0.25, -0.2) is 13.5 Å². The summed E-state index contributed by atoms with van der Waals surface area (Å²) in [5.41, 5.74) is -5.54. The highest BCUT2D eigenvalue weighted by Gasteiger charge is 2.58. The maximum Gasteiger partial charge on any atom is 0.422 e. The third kappa shape index (κ3) is 4.72. The number of pyridine rings is 1. The molecule has 0 aliphatic rings. The normalized spacial score (nSPS) is 14.2. The van der Waals surface area contributed by atoms with Gasteiger partial charge in [0.25, 0.3) is 0 Å². The number of nitrogens with zero attached hydrogens (tertiary/aromatic N) is 4. The first-order chi connectivity index (χ1) is 14.8. The predicted octanol–water partition coefficient (Wildman–Crippen LogP) is 3.63. The molecular weight excluding hydrogens is 471 g/mol. The van der Waals surface area contributed by atoms with Crippen LogP contribution in [0.15, 0.2) is 36.5 Å². The second kappa shape index (κ2) is 8.46. The van der Waals surface area contributed by atoms with E-state index < -0.39 is 59.5 Å². The summed E-state index contributed by atoms with van der Waals surface area (Å²) in [5, 5.41) is 19.8. The van der Waals surface area contributed by atoms with E-state index >= 15 is 8.78 Å². The zero-order valence-corrected chi connectivity index (χ0v) is 16.4. The molecule has 0 fully saturated rings. The third-order valence-corrected chi connectivity index (χ3v) is 4.58. The fourth-order valence-electron chi connectivity index (χ4n) is 2.75. The van der Waals surface area contributed by atoms with Crippen LogP contribution in [0.25, 0.3) is 0 Å². The Hall–Kier alpha value is -3.07. The van der Waals surface area contributed by atoms with Crippen molar-refractivity contribution >= 4 is 12.2 Å². The van der Waals surface area contributed by atoms with Crippen molar-refractivity contribution in [3.8, 4) is 5.75 Å².